The third kappa shape index (κ3) is 6.77. The molecule has 3 aromatic rings. The Hall–Kier alpha value is -3.89. The van der Waals surface area contributed by atoms with Crippen molar-refractivity contribution in [1.82, 2.24) is 20.2 Å². The number of ether oxygens (including phenoxy) is 1. The van der Waals surface area contributed by atoms with Crippen molar-refractivity contribution >= 4 is 45.8 Å². The van der Waals surface area contributed by atoms with E-state index in [1.54, 1.807) is 0 Å². The normalized spacial score (nSPS) is 17.0. The Morgan fingerprint density at radius 1 is 1.19 bits per heavy atom. The van der Waals surface area contributed by atoms with Crippen molar-refractivity contribution in [2.75, 3.05) is 56.2 Å². The molecule has 1 atom stereocenters. The lowest BCUT2D eigenvalue weighted by Crippen LogP contribution is -2.38. The molecule has 0 saturated carbocycles. The molecule has 2 aliphatic rings. The number of hydrogen-bond donors (Lipinski definition) is 2. The minimum absolute atomic E-state index is 0.332. The highest BCUT2D eigenvalue weighted by atomic mass is 35.5. The van der Waals surface area contributed by atoms with E-state index in [0.29, 0.717) is 44.8 Å². The molecule has 0 radical (unpaired) electrons. The summed E-state index contributed by atoms with van der Waals surface area (Å²) in [5, 5.41) is 14.4. The maximum absolute atomic E-state index is 12.0. The van der Waals surface area contributed by atoms with Crippen molar-refractivity contribution in [3.05, 3.63) is 64.8 Å². The van der Waals surface area contributed by atoms with Gasteiger partial charge in [0.25, 0.3) is 0 Å². The molecule has 5 rings (SSSR count). The molecule has 2 aliphatic heterocycles. The third-order valence-corrected chi connectivity index (χ3v) is 8.33. The standard InChI is InChI=1S/C31H37ClN6O4/c1-3-37(18-15-33-27(39)12-13-28(40)41)30-23-14-17-38(26-11-5-8-21-7-4-10-24(32)29(21)26)19-25(23)34-31(35-30)42-20-22-9-6-16-36(22)2/h4-5,7-8,10-13,22H,3,6,9,14-20H2,1-2H3,(H,33,39)(H,40,41)/b13-12+/t22-/m0/s1. The fraction of sp³-hybridized carbons (Fsp3) is 0.419. The molecule has 42 heavy (non-hydrogen) atoms. The number of anilines is 2. The zero-order chi connectivity index (χ0) is 29.6. The summed E-state index contributed by atoms with van der Waals surface area (Å²) in [5.74, 6) is -0.806. The molecule has 0 bridgehead atoms. The number of rotatable bonds is 11. The molecular weight excluding hydrogens is 556 g/mol. The SMILES string of the molecule is CCN(CCNC(=O)/C=C/C(=O)O)c1nc(OC[C@@H]2CCCN2C)nc2c1CCN(c1cccc3cccc(Cl)c13)C2. The van der Waals surface area contributed by atoms with Crippen LogP contribution in [-0.4, -0.2) is 84.3 Å². The lowest BCUT2D eigenvalue weighted by atomic mass is 10.0. The van der Waals surface area contributed by atoms with Crippen LogP contribution in [-0.2, 0) is 22.6 Å². The molecule has 11 heteroatoms. The zero-order valence-corrected chi connectivity index (χ0v) is 24.8. The van der Waals surface area contributed by atoms with Gasteiger partial charge in [-0.2, -0.15) is 9.97 Å². The molecule has 222 valence electrons. The average Bonchev–Trinajstić information content (AvgIpc) is 3.40. The number of fused-ring (bicyclic) bond motifs is 2. The van der Waals surface area contributed by atoms with Crippen molar-refractivity contribution in [2.24, 2.45) is 0 Å². The largest absolute Gasteiger partial charge is 0.478 e. The number of likely N-dealkylation sites (tertiary alicyclic amines) is 1. The van der Waals surface area contributed by atoms with E-state index in [9.17, 15) is 9.59 Å². The van der Waals surface area contributed by atoms with E-state index >= 15 is 0 Å². The van der Waals surface area contributed by atoms with Crippen LogP contribution in [0.4, 0.5) is 11.5 Å². The number of aliphatic carboxylic acids is 1. The second-order valence-electron chi connectivity index (χ2n) is 10.7. The summed E-state index contributed by atoms with van der Waals surface area (Å²) in [6, 6.07) is 12.9. The Morgan fingerprint density at radius 3 is 2.74 bits per heavy atom. The molecule has 1 aromatic heterocycles. The molecule has 0 spiro atoms. The van der Waals surface area contributed by atoms with Gasteiger partial charge in [-0.25, -0.2) is 4.79 Å². The highest BCUT2D eigenvalue weighted by Gasteiger charge is 2.28. The van der Waals surface area contributed by atoms with Crippen LogP contribution in [0.25, 0.3) is 10.8 Å². The van der Waals surface area contributed by atoms with Gasteiger partial charge in [0.1, 0.15) is 12.4 Å². The highest BCUT2D eigenvalue weighted by Crippen LogP contribution is 2.37. The van der Waals surface area contributed by atoms with Crippen LogP contribution in [0.1, 0.15) is 31.0 Å². The van der Waals surface area contributed by atoms with Gasteiger partial charge in [0.05, 0.1) is 17.3 Å². The highest BCUT2D eigenvalue weighted by molar-refractivity contribution is 6.36. The van der Waals surface area contributed by atoms with E-state index < -0.39 is 11.9 Å². The van der Waals surface area contributed by atoms with Crippen LogP contribution in [0.15, 0.2) is 48.6 Å². The minimum Gasteiger partial charge on any atom is -0.478 e. The predicted molar refractivity (Wildman–Crippen MR) is 165 cm³/mol. The summed E-state index contributed by atoms with van der Waals surface area (Å²) in [6.45, 7) is 6.48. The fourth-order valence-electron chi connectivity index (χ4n) is 5.75. The monoisotopic (exact) mass is 592 g/mol. The molecule has 1 fully saturated rings. The quantitative estimate of drug-likeness (QED) is 0.320. The fourth-order valence-corrected chi connectivity index (χ4v) is 6.03. The number of carbonyl (C=O) groups is 2. The topological polar surface area (TPSA) is 111 Å². The maximum atomic E-state index is 12.0. The zero-order valence-electron chi connectivity index (χ0n) is 24.1. The van der Waals surface area contributed by atoms with Crippen molar-refractivity contribution < 1.29 is 19.4 Å². The summed E-state index contributed by atoms with van der Waals surface area (Å²) in [6.07, 6.45) is 4.82. The van der Waals surface area contributed by atoms with Crippen LogP contribution < -0.4 is 19.9 Å². The lowest BCUT2D eigenvalue weighted by Gasteiger charge is -2.34. The molecule has 2 N–H and O–H groups in total. The number of carboxylic acids is 1. The summed E-state index contributed by atoms with van der Waals surface area (Å²) in [4.78, 5) is 39.3. The van der Waals surface area contributed by atoms with Crippen LogP contribution in [0, 0.1) is 0 Å². The van der Waals surface area contributed by atoms with Gasteiger partial charge >= 0.3 is 12.0 Å². The predicted octanol–water partition coefficient (Wildman–Crippen LogP) is 3.90. The Balaban J connectivity index is 1.42. The molecule has 10 nitrogen and oxygen atoms in total. The number of nitrogens with zero attached hydrogens (tertiary/aromatic N) is 5. The second-order valence-corrected chi connectivity index (χ2v) is 11.1. The van der Waals surface area contributed by atoms with Crippen LogP contribution in [0.5, 0.6) is 6.01 Å². The average molecular weight is 593 g/mol. The van der Waals surface area contributed by atoms with E-state index in [2.05, 4.69) is 51.3 Å². The summed E-state index contributed by atoms with van der Waals surface area (Å²) in [7, 11) is 2.12. The third-order valence-electron chi connectivity index (χ3n) is 8.01. The smallest absolute Gasteiger partial charge is 0.328 e. The van der Waals surface area contributed by atoms with Crippen LogP contribution in [0.3, 0.4) is 0 Å². The van der Waals surface area contributed by atoms with Gasteiger partial charge in [-0.05, 0) is 57.3 Å². The molecular formula is C31H37ClN6O4. The molecule has 2 aromatic carbocycles. The number of carboxylic acid groups (broad SMARTS) is 1. The number of carbonyl (C=O) groups excluding carboxylic acids is 1. The van der Waals surface area contributed by atoms with Gasteiger partial charge in [-0.1, -0.05) is 35.9 Å². The Kier molecular flexibility index (Phi) is 9.44. The van der Waals surface area contributed by atoms with E-state index in [1.807, 2.05) is 19.1 Å². The van der Waals surface area contributed by atoms with Gasteiger partial charge in [-0.3, -0.25) is 4.79 Å². The molecule has 0 aliphatic carbocycles. The number of likely N-dealkylation sites (N-methyl/N-ethyl adjacent to an activating group) is 2. The molecule has 0 unspecified atom stereocenters. The first-order chi connectivity index (χ1) is 20.3. The van der Waals surface area contributed by atoms with E-state index in [-0.39, 0.29) is 0 Å². The van der Waals surface area contributed by atoms with Gasteiger partial charge in [0, 0.05) is 61.0 Å². The lowest BCUT2D eigenvalue weighted by molar-refractivity contribution is -0.131. The van der Waals surface area contributed by atoms with E-state index in [1.165, 1.54) is 0 Å². The van der Waals surface area contributed by atoms with Gasteiger partial charge < -0.3 is 29.9 Å². The van der Waals surface area contributed by atoms with Crippen molar-refractivity contribution in [3.8, 4) is 6.01 Å². The number of halogens is 1. The number of benzene rings is 2. The minimum atomic E-state index is -1.16. The van der Waals surface area contributed by atoms with Gasteiger partial charge in [-0.15, -0.1) is 0 Å². The van der Waals surface area contributed by atoms with Crippen molar-refractivity contribution in [2.45, 2.75) is 38.8 Å². The second kappa shape index (κ2) is 13.4. The van der Waals surface area contributed by atoms with E-state index in [0.717, 1.165) is 83.1 Å². The van der Waals surface area contributed by atoms with E-state index in [4.69, 9.17) is 31.4 Å². The van der Waals surface area contributed by atoms with Gasteiger partial charge in [0.2, 0.25) is 5.91 Å². The van der Waals surface area contributed by atoms with Crippen LogP contribution >= 0.6 is 11.6 Å². The van der Waals surface area contributed by atoms with Gasteiger partial charge in [0.15, 0.2) is 0 Å². The Labute approximate surface area is 250 Å². The summed E-state index contributed by atoms with van der Waals surface area (Å²) in [5.41, 5.74) is 3.06. The molecule has 3 heterocycles. The summed E-state index contributed by atoms with van der Waals surface area (Å²) >= 11 is 6.67. The number of hydrogen-bond acceptors (Lipinski definition) is 8. The van der Waals surface area contributed by atoms with Crippen LogP contribution in [0.2, 0.25) is 5.02 Å². The number of aromatic nitrogens is 2. The van der Waals surface area contributed by atoms with Crippen molar-refractivity contribution in [3.63, 3.8) is 0 Å². The first-order valence-corrected chi connectivity index (χ1v) is 14.8. The summed E-state index contributed by atoms with van der Waals surface area (Å²) < 4.78 is 6.22. The number of nitrogens with one attached hydrogen (secondary N) is 1. The number of amides is 1. The maximum Gasteiger partial charge on any atom is 0.328 e. The van der Waals surface area contributed by atoms with Crippen molar-refractivity contribution in [1.29, 1.82) is 0 Å². The first-order valence-electron chi connectivity index (χ1n) is 14.4. The molecule has 1 saturated heterocycles. The first kappa shape index (κ1) is 29.6. The Bertz CT molecular complexity index is 1480. The molecule has 1 amide bonds. The Morgan fingerprint density at radius 2 is 2.00 bits per heavy atom.